The zero-order valence-corrected chi connectivity index (χ0v) is 11.4. The van der Waals surface area contributed by atoms with Gasteiger partial charge in [0.2, 0.25) is 5.91 Å². The molecule has 0 bridgehead atoms. The Kier molecular flexibility index (Phi) is 3.40. The Bertz CT molecular complexity index is 535. The number of hydrogen-bond acceptors (Lipinski definition) is 5. The highest BCUT2D eigenvalue weighted by Gasteiger charge is 2.17. The summed E-state index contributed by atoms with van der Waals surface area (Å²) < 4.78 is 0. The lowest BCUT2D eigenvalue weighted by Gasteiger charge is -2.25. The van der Waals surface area contributed by atoms with Crippen LogP contribution in [0.1, 0.15) is 5.69 Å². The fraction of sp³-hybridized carbons (Fsp3) is 0.333. The number of aromatic nitrogens is 1. The maximum Gasteiger partial charge on any atom is 0.234 e. The lowest BCUT2D eigenvalue weighted by Crippen LogP contribution is -2.47. The number of nitrogens with zero attached hydrogens (tertiary/aromatic N) is 2. The van der Waals surface area contributed by atoms with Crippen LogP contribution >= 0.6 is 22.7 Å². The molecule has 1 N–H and O–H groups in total. The highest BCUT2D eigenvalue weighted by atomic mass is 32.1. The summed E-state index contributed by atoms with van der Waals surface area (Å²) in [5, 5.41) is 10.1. The molecule has 1 fully saturated rings. The highest BCUT2D eigenvalue weighted by Crippen LogP contribution is 2.26. The summed E-state index contributed by atoms with van der Waals surface area (Å²) in [7, 11) is 0. The zero-order valence-electron chi connectivity index (χ0n) is 9.76. The first kappa shape index (κ1) is 11.8. The third kappa shape index (κ3) is 2.60. The van der Waals surface area contributed by atoms with Gasteiger partial charge in [0.15, 0.2) is 0 Å². The van der Waals surface area contributed by atoms with Crippen molar-refractivity contribution in [3.8, 4) is 10.6 Å². The Balaban J connectivity index is 1.68. The van der Waals surface area contributed by atoms with Gasteiger partial charge in [0.25, 0.3) is 0 Å². The first-order valence-corrected chi connectivity index (χ1v) is 7.59. The van der Waals surface area contributed by atoms with Crippen LogP contribution in [0.5, 0.6) is 0 Å². The van der Waals surface area contributed by atoms with Crippen LogP contribution in [0.2, 0.25) is 0 Å². The summed E-state index contributed by atoms with van der Waals surface area (Å²) in [6, 6.07) is 2.08. The molecular formula is C12H13N3OS2. The maximum absolute atomic E-state index is 11.3. The highest BCUT2D eigenvalue weighted by molar-refractivity contribution is 7.14. The van der Waals surface area contributed by atoms with Crippen LogP contribution in [0.4, 0.5) is 0 Å². The molecule has 0 radical (unpaired) electrons. The molecule has 6 heteroatoms. The number of rotatable bonds is 3. The molecule has 0 aromatic carbocycles. The molecule has 0 spiro atoms. The predicted molar refractivity (Wildman–Crippen MR) is 73.7 cm³/mol. The van der Waals surface area contributed by atoms with Crippen LogP contribution in [-0.4, -0.2) is 35.4 Å². The van der Waals surface area contributed by atoms with Gasteiger partial charge in [-0.05, 0) is 11.4 Å². The molecule has 1 aliphatic heterocycles. The van der Waals surface area contributed by atoms with Gasteiger partial charge in [-0.3, -0.25) is 9.69 Å². The zero-order chi connectivity index (χ0) is 12.4. The van der Waals surface area contributed by atoms with Gasteiger partial charge in [-0.2, -0.15) is 11.3 Å². The molecule has 1 amide bonds. The first-order valence-electron chi connectivity index (χ1n) is 5.77. The van der Waals surface area contributed by atoms with Gasteiger partial charge in [-0.15, -0.1) is 11.3 Å². The van der Waals surface area contributed by atoms with E-state index in [1.54, 1.807) is 22.7 Å². The van der Waals surface area contributed by atoms with E-state index in [4.69, 9.17) is 0 Å². The van der Waals surface area contributed by atoms with Crippen molar-refractivity contribution in [3.63, 3.8) is 0 Å². The Morgan fingerprint density at radius 2 is 2.39 bits per heavy atom. The molecule has 1 aliphatic rings. The van der Waals surface area contributed by atoms with E-state index in [0.717, 1.165) is 30.3 Å². The quantitative estimate of drug-likeness (QED) is 0.932. The summed E-state index contributed by atoms with van der Waals surface area (Å²) in [6.07, 6.45) is 0. The van der Waals surface area contributed by atoms with E-state index in [1.165, 1.54) is 5.56 Å². The molecule has 1 saturated heterocycles. The minimum absolute atomic E-state index is 0.106. The van der Waals surface area contributed by atoms with Gasteiger partial charge in [0.05, 0.1) is 12.2 Å². The average molecular weight is 279 g/mol. The van der Waals surface area contributed by atoms with E-state index in [9.17, 15) is 4.79 Å². The van der Waals surface area contributed by atoms with Crippen molar-refractivity contribution in [1.29, 1.82) is 0 Å². The van der Waals surface area contributed by atoms with Crippen LogP contribution in [0, 0.1) is 0 Å². The second kappa shape index (κ2) is 5.17. The number of carbonyl (C=O) groups is 1. The van der Waals surface area contributed by atoms with Gasteiger partial charge in [0, 0.05) is 36.0 Å². The summed E-state index contributed by atoms with van der Waals surface area (Å²) >= 11 is 3.35. The lowest BCUT2D eigenvalue weighted by molar-refractivity contribution is -0.124. The van der Waals surface area contributed by atoms with Crippen LogP contribution in [0.3, 0.4) is 0 Å². The van der Waals surface area contributed by atoms with Gasteiger partial charge in [-0.25, -0.2) is 4.98 Å². The molecule has 0 saturated carbocycles. The van der Waals surface area contributed by atoms with E-state index in [0.29, 0.717) is 6.54 Å². The average Bonchev–Trinajstić information content (AvgIpc) is 2.98. The van der Waals surface area contributed by atoms with Gasteiger partial charge < -0.3 is 5.32 Å². The van der Waals surface area contributed by atoms with Crippen molar-refractivity contribution in [1.82, 2.24) is 15.2 Å². The Labute approximate surface area is 113 Å². The molecule has 4 nitrogen and oxygen atoms in total. The third-order valence-electron chi connectivity index (χ3n) is 2.82. The van der Waals surface area contributed by atoms with Gasteiger partial charge >= 0.3 is 0 Å². The SMILES string of the molecule is O=C1CN(Cc2csc(-c3ccsc3)n2)CCN1. The number of carbonyl (C=O) groups excluding carboxylic acids is 1. The van der Waals surface area contributed by atoms with E-state index >= 15 is 0 Å². The standard InChI is InChI=1S/C12H13N3OS2/c16-11-6-15(3-2-13-11)5-10-8-18-12(14-10)9-1-4-17-7-9/h1,4,7-8H,2-3,5-6H2,(H,13,16). The second-order valence-corrected chi connectivity index (χ2v) is 5.85. The Morgan fingerprint density at radius 1 is 1.44 bits per heavy atom. The fourth-order valence-corrected chi connectivity index (χ4v) is 3.48. The van der Waals surface area contributed by atoms with Crippen LogP contribution in [0.25, 0.3) is 10.6 Å². The molecule has 3 rings (SSSR count). The molecule has 0 atom stereocenters. The number of thiazole rings is 1. The molecular weight excluding hydrogens is 266 g/mol. The molecule has 0 unspecified atom stereocenters. The number of thiophene rings is 1. The van der Waals surface area contributed by atoms with Gasteiger partial charge in [0.1, 0.15) is 5.01 Å². The topological polar surface area (TPSA) is 45.2 Å². The normalized spacial score (nSPS) is 16.8. The minimum atomic E-state index is 0.106. The Morgan fingerprint density at radius 3 is 3.17 bits per heavy atom. The molecule has 2 aromatic rings. The van der Waals surface area contributed by atoms with Crippen molar-refractivity contribution >= 4 is 28.6 Å². The summed E-state index contributed by atoms with van der Waals surface area (Å²) in [5.74, 6) is 0.106. The molecule has 18 heavy (non-hydrogen) atoms. The van der Waals surface area contributed by atoms with E-state index in [2.05, 4.69) is 37.4 Å². The van der Waals surface area contributed by atoms with Crippen LogP contribution in [0.15, 0.2) is 22.2 Å². The minimum Gasteiger partial charge on any atom is -0.354 e. The van der Waals surface area contributed by atoms with Crippen molar-refractivity contribution in [2.45, 2.75) is 6.54 Å². The summed E-state index contributed by atoms with van der Waals surface area (Å²) in [4.78, 5) is 18.0. The number of amides is 1. The largest absolute Gasteiger partial charge is 0.354 e. The van der Waals surface area contributed by atoms with Crippen molar-refractivity contribution in [2.75, 3.05) is 19.6 Å². The molecule has 2 aromatic heterocycles. The smallest absolute Gasteiger partial charge is 0.234 e. The number of hydrogen-bond donors (Lipinski definition) is 1. The van der Waals surface area contributed by atoms with Crippen LogP contribution < -0.4 is 5.32 Å². The molecule has 0 aliphatic carbocycles. The molecule has 3 heterocycles. The van der Waals surface area contributed by atoms with E-state index in [1.807, 2.05) is 0 Å². The third-order valence-corrected chi connectivity index (χ3v) is 4.45. The second-order valence-electron chi connectivity index (χ2n) is 4.22. The monoisotopic (exact) mass is 279 g/mol. The van der Waals surface area contributed by atoms with Crippen molar-refractivity contribution in [2.24, 2.45) is 0 Å². The van der Waals surface area contributed by atoms with Gasteiger partial charge in [-0.1, -0.05) is 0 Å². The predicted octanol–water partition coefficient (Wildman–Crippen LogP) is 1.80. The number of nitrogens with one attached hydrogen (secondary N) is 1. The van der Waals surface area contributed by atoms with Crippen molar-refractivity contribution in [3.05, 3.63) is 27.9 Å². The Hall–Kier alpha value is -1.24. The summed E-state index contributed by atoms with van der Waals surface area (Å²) in [5.41, 5.74) is 2.24. The first-order chi connectivity index (χ1) is 8.81. The van der Waals surface area contributed by atoms with Crippen LogP contribution in [-0.2, 0) is 11.3 Å². The maximum atomic E-state index is 11.3. The fourth-order valence-electron chi connectivity index (χ4n) is 1.95. The lowest BCUT2D eigenvalue weighted by atomic mass is 10.3. The number of piperazine rings is 1. The van der Waals surface area contributed by atoms with E-state index < -0.39 is 0 Å². The summed E-state index contributed by atoms with van der Waals surface area (Å²) in [6.45, 7) is 2.87. The molecule has 94 valence electrons. The van der Waals surface area contributed by atoms with E-state index in [-0.39, 0.29) is 5.91 Å². The van der Waals surface area contributed by atoms with Crippen molar-refractivity contribution < 1.29 is 4.79 Å².